The molecule has 0 amide bonds. The minimum atomic E-state index is -0.285. The third kappa shape index (κ3) is 6.06. The van der Waals surface area contributed by atoms with Crippen LogP contribution in [0.15, 0.2) is 18.1 Å². The summed E-state index contributed by atoms with van der Waals surface area (Å²) in [5.41, 5.74) is 12.1. The van der Waals surface area contributed by atoms with Crippen LogP contribution in [0.3, 0.4) is 0 Å². The van der Waals surface area contributed by atoms with Gasteiger partial charge in [-0.3, -0.25) is 0 Å². The zero-order chi connectivity index (χ0) is 14.6. The van der Waals surface area contributed by atoms with Gasteiger partial charge in [-0.25, -0.2) is 0 Å². The van der Waals surface area contributed by atoms with Gasteiger partial charge in [0.1, 0.15) is 0 Å². The Labute approximate surface area is 122 Å². The molecular formula is C13H25BLiN3. The molecule has 0 atom stereocenters. The molecule has 1 heterocycles. The average molecular weight is 241 g/mol. The second kappa shape index (κ2) is 6.77. The van der Waals surface area contributed by atoms with Gasteiger partial charge < -0.3 is 11.5 Å². The van der Waals surface area contributed by atoms with E-state index in [-0.39, 0.29) is 11.1 Å². The monoisotopic (exact) mass is 241 g/mol. The molecule has 4 N–H and O–H groups in total. The van der Waals surface area contributed by atoms with E-state index in [0.29, 0.717) is 0 Å². The molecule has 1 rings (SSSR count). The van der Waals surface area contributed by atoms with E-state index in [1.54, 1.807) is 0 Å². The standard InChI is InChI=1S/C7H9BN.C6H16N2.Li/c1-9(2)7-4-3-5-8-6-7;1-5(2,7)6(3,4)8;/h3-5H,1-2H3;7-8H2,1-4H3;. The molecule has 96 valence electrons. The zero-order valence-corrected chi connectivity index (χ0v) is 12.9. The van der Waals surface area contributed by atoms with E-state index in [1.165, 1.54) is 9.82 Å². The number of rotatable bonds is 2. The Balaban J connectivity index is 0.000000331. The minimum absolute atomic E-state index is 0.285. The van der Waals surface area contributed by atoms with Crippen LogP contribution in [0.2, 0.25) is 0 Å². The Morgan fingerprint density at radius 2 is 1.56 bits per heavy atom. The van der Waals surface area contributed by atoms with Crippen molar-refractivity contribution in [1.82, 2.24) is 0 Å². The number of nitrogens with zero attached hydrogens (tertiary/aromatic N) is 1. The van der Waals surface area contributed by atoms with Crippen LogP contribution >= 0.6 is 0 Å². The van der Waals surface area contributed by atoms with Crippen LogP contribution in [0.1, 0.15) is 27.7 Å². The maximum atomic E-state index is 5.69. The van der Waals surface area contributed by atoms with Crippen molar-refractivity contribution in [3.05, 3.63) is 18.1 Å². The molecule has 0 aliphatic carbocycles. The third-order valence-corrected chi connectivity index (χ3v) is 3.26. The first-order valence-electron chi connectivity index (χ1n) is 6.27. The first kappa shape index (κ1) is 17.7. The molecule has 1 aromatic rings. The summed E-state index contributed by atoms with van der Waals surface area (Å²) in [4.78, 5) is 2.12. The Morgan fingerprint density at radius 1 is 1.11 bits per heavy atom. The van der Waals surface area contributed by atoms with Gasteiger partial charge in [0.2, 0.25) is 0 Å². The molecule has 0 saturated heterocycles. The zero-order valence-electron chi connectivity index (χ0n) is 12.9. The second-order valence-electron chi connectivity index (χ2n) is 6.12. The molecule has 0 aliphatic rings. The fourth-order valence-electron chi connectivity index (χ4n) is 1.07. The third-order valence-electron chi connectivity index (χ3n) is 3.26. The van der Waals surface area contributed by atoms with Crippen LogP contribution in [0, 0.1) is 0 Å². The van der Waals surface area contributed by atoms with Gasteiger partial charge in [0, 0.05) is 11.1 Å². The maximum absolute atomic E-state index is 5.69. The van der Waals surface area contributed by atoms with Gasteiger partial charge in [0.05, 0.1) is 0 Å². The topological polar surface area (TPSA) is 55.3 Å². The molecule has 0 fully saturated rings. The summed E-state index contributed by atoms with van der Waals surface area (Å²) in [6.45, 7) is 9.81. The summed E-state index contributed by atoms with van der Waals surface area (Å²) < 4.78 is 1.33. The van der Waals surface area contributed by atoms with Crippen molar-refractivity contribution >= 4 is 34.4 Å². The van der Waals surface area contributed by atoms with Gasteiger partial charge in [-0.05, 0) is 27.7 Å². The number of nitrogens with two attached hydrogens (primary N) is 2. The van der Waals surface area contributed by atoms with E-state index >= 15 is 0 Å². The van der Waals surface area contributed by atoms with Crippen molar-refractivity contribution in [2.75, 3.05) is 19.0 Å². The van der Waals surface area contributed by atoms with Crippen molar-refractivity contribution in [2.24, 2.45) is 11.5 Å². The van der Waals surface area contributed by atoms with Gasteiger partial charge in [-0.2, -0.15) is 0 Å². The van der Waals surface area contributed by atoms with Crippen LogP contribution in [0.4, 0.5) is 5.69 Å². The van der Waals surface area contributed by atoms with E-state index in [1.807, 2.05) is 27.7 Å². The van der Waals surface area contributed by atoms with Crippen molar-refractivity contribution < 1.29 is 0 Å². The summed E-state index contributed by atoms with van der Waals surface area (Å²) >= 11 is 2.12. The van der Waals surface area contributed by atoms with Crippen LogP contribution in [0.5, 0.6) is 0 Å². The van der Waals surface area contributed by atoms with Crippen molar-refractivity contribution in [3.8, 4) is 0 Å². The fourth-order valence-corrected chi connectivity index (χ4v) is 1.07. The predicted molar refractivity (Wildman–Crippen MR) is 84.0 cm³/mol. The molecular weight excluding hydrogens is 216 g/mol. The first-order valence-corrected chi connectivity index (χ1v) is 6.27. The van der Waals surface area contributed by atoms with Crippen LogP contribution in [-0.4, -0.2) is 49.8 Å². The predicted octanol–water partition coefficient (Wildman–Crippen LogP) is 0.346. The van der Waals surface area contributed by atoms with E-state index in [2.05, 4.69) is 61.7 Å². The van der Waals surface area contributed by atoms with Gasteiger partial charge in [-0.1, -0.05) is 0 Å². The Morgan fingerprint density at radius 3 is 1.78 bits per heavy atom. The van der Waals surface area contributed by atoms with Crippen molar-refractivity contribution in [2.45, 2.75) is 38.8 Å². The SMILES string of the molecule is CC(C)(N)C(C)(C)N.[Li][c]1bcccc1N(C)C. The Bertz CT molecular complexity index is 355. The first-order chi connectivity index (χ1) is 7.97. The van der Waals surface area contributed by atoms with Gasteiger partial charge in [0.25, 0.3) is 0 Å². The van der Waals surface area contributed by atoms with Crippen molar-refractivity contribution in [3.63, 3.8) is 0 Å². The van der Waals surface area contributed by atoms with Crippen LogP contribution in [0.25, 0.3) is 0 Å². The molecule has 0 spiro atoms. The molecule has 3 nitrogen and oxygen atoms in total. The molecule has 1 aromatic heterocycles. The molecule has 0 aromatic carbocycles. The van der Waals surface area contributed by atoms with Gasteiger partial charge in [-0.15, -0.1) is 0 Å². The van der Waals surface area contributed by atoms with E-state index in [9.17, 15) is 0 Å². The van der Waals surface area contributed by atoms with Gasteiger partial charge >= 0.3 is 71.5 Å². The Kier molecular flexibility index (Phi) is 6.67. The quantitative estimate of drug-likeness (QED) is 0.734. The molecule has 0 aliphatic heterocycles. The number of hydrogen-bond acceptors (Lipinski definition) is 3. The second-order valence-corrected chi connectivity index (χ2v) is 6.12. The number of anilines is 1. The van der Waals surface area contributed by atoms with E-state index in [4.69, 9.17) is 11.5 Å². The summed E-state index contributed by atoms with van der Waals surface area (Å²) in [5.74, 6) is 2.06. The molecule has 5 heteroatoms. The number of hydrogen-bond donors (Lipinski definition) is 2. The normalized spacial score (nSPS) is 11.4. The summed E-state index contributed by atoms with van der Waals surface area (Å²) in [5, 5.41) is 0. The van der Waals surface area contributed by atoms with Crippen LogP contribution in [-0.2, 0) is 0 Å². The molecule has 0 radical (unpaired) electrons. The molecule has 0 bridgehead atoms. The molecule has 0 unspecified atom stereocenters. The van der Waals surface area contributed by atoms with E-state index in [0.717, 1.165) is 0 Å². The van der Waals surface area contributed by atoms with Crippen molar-refractivity contribution in [1.29, 1.82) is 0 Å². The fraction of sp³-hybridized carbons (Fsp3) is 0.615. The van der Waals surface area contributed by atoms with Crippen LogP contribution < -0.4 is 20.5 Å². The summed E-state index contributed by atoms with van der Waals surface area (Å²) in [7, 11) is 4.12. The summed E-state index contributed by atoms with van der Waals surface area (Å²) in [6, 6.07) is 4.18. The molecule has 18 heavy (non-hydrogen) atoms. The molecule has 0 saturated carbocycles. The van der Waals surface area contributed by atoms with E-state index < -0.39 is 0 Å². The van der Waals surface area contributed by atoms with Gasteiger partial charge in [0.15, 0.2) is 0 Å². The average Bonchev–Trinajstić information content (AvgIpc) is 2.15. The summed E-state index contributed by atoms with van der Waals surface area (Å²) in [6.07, 6.45) is 0. The Hall–Kier alpha value is -0.268.